The van der Waals surface area contributed by atoms with E-state index >= 15 is 0 Å². The van der Waals surface area contributed by atoms with Gasteiger partial charge in [0.25, 0.3) is 0 Å². The molecule has 0 aromatic heterocycles. The summed E-state index contributed by atoms with van der Waals surface area (Å²) in [5.74, 6) is 0. The normalized spacial score (nSPS) is 35.8. The Labute approximate surface area is 79.7 Å². The van der Waals surface area contributed by atoms with Crippen LogP contribution < -0.4 is 0 Å². The van der Waals surface area contributed by atoms with Gasteiger partial charge in [-0.25, -0.2) is 0 Å². The Hall–Kier alpha value is -0.120. The predicted molar refractivity (Wildman–Crippen MR) is 50.7 cm³/mol. The molecule has 2 aliphatic heterocycles. The molecule has 2 fully saturated rings. The van der Waals surface area contributed by atoms with Crippen LogP contribution in [0.1, 0.15) is 25.7 Å². The van der Waals surface area contributed by atoms with E-state index in [1.807, 2.05) is 0 Å². The number of ether oxygens (including phenoxy) is 1. The molecule has 0 bridgehead atoms. The van der Waals surface area contributed by atoms with Gasteiger partial charge in [0.1, 0.15) is 0 Å². The number of rotatable bonds is 3. The molecule has 76 valence electrons. The fourth-order valence-corrected chi connectivity index (χ4v) is 2.39. The fourth-order valence-electron chi connectivity index (χ4n) is 2.39. The third kappa shape index (κ3) is 2.22. The van der Waals surface area contributed by atoms with E-state index < -0.39 is 0 Å². The maximum absolute atomic E-state index is 9.13. The lowest BCUT2D eigenvalue weighted by molar-refractivity contribution is 0.0579. The summed E-state index contributed by atoms with van der Waals surface area (Å²) in [6.07, 6.45) is 5.24. The molecule has 2 atom stereocenters. The predicted octanol–water partition coefficient (Wildman–Crippen LogP) is 0.622. The van der Waals surface area contributed by atoms with Crippen molar-refractivity contribution >= 4 is 0 Å². The summed E-state index contributed by atoms with van der Waals surface area (Å²) >= 11 is 0. The quantitative estimate of drug-likeness (QED) is 0.699. The van der Waals surface area contributed by atoms with E-state index in [4.69, 9.17) is 9.84 Å². The zero-order valence-electron chi connectivity index (χ0n) is 8.11. The number of likely N-dealkylation sites (tertiary alicyclic amines) is 1. The molecule has 2 unspecified atom stereocenters. The molecule has 3 nitrogen and oxygen atoms in total. The Morgan fingerprint density at radius 3 is 2.92 bits per heavy atom. The molecular formula is C10H19NO2. The fraction of sp³-hybridized carbons (Fsp3) is 1.00. The topological polar surface area (TPSA) is 32.7 Å². The summed E-state index contributed by atoms with van der Waals surface area (Å²) in [6, 6.07) is 0.407. The van der Waals surface area contributed by atoms with Gasteiger partial charge >= 0.3 is 0 Å². The van der Waals surface area contributed by atoms with Crippen molar-refractivity contribution in [3.8, 4) is 0 Å². The number of aliphatic hydroxyl groups excluding tert-OH is 1. The van der Waals surface area contributed by atoms with Crippen molar-refractivity contribution in [1.82, 2.24) is 4.90 Å². The molecule has 2 aliphatic rings. The van der Waals surface area contributed by atoms with Crippen molar-refractivity contribution in [2.45, 2.75) is 37.8 Å². The molecule has 2 rings (SSSR count). The summed E-state index contributed by atoms with van der Waals surface area (Å²) in [5.41, 5.74) is 0. The molecule has 3 heteroatoms. The van der Waals surface area contributed by atoms with Crippen molar-refractivity contribution in [2.75, 3.05) is 26.3 Å². The van der Waals surface area contributed by atoms with Crippen molar-refractivity contribution in [3.63, 3.8) is 0 Å². The molecule has 2 saturated heterocycles. The lowest BCUT2D eigenvalue weighted by atomic mass is 10.2. The standard InChI is InChI=1S/C10H19NO2/c12-8-9-3-1-5-11(9)7-10-4-2-6-13-10/h9-10,12H,1-8H2. The minimum Gasteiger partial charge on any atom is -0.395 e. The van der Waals surface area contributed by atoms with E-state index in [0.717, 1.165) is 26.1 Å². The van der Waals surface area contributed by atoms with Crippen molar-refractivity contribution in [2.24, 2.45) is 0 Å². The summed E-state index contributed by atoms with van der Waals surface area (Å²) in [4.78, 5) is 2.38. The molecule has 2 heterocycles. The second kappa shape index (κ2) is 4.40. The zero-order valence-corrected chi connectivity index (χ0v) is 8.11. The highest BCUT2D eigenvalue weighted by atomic mass is 16.5. The van der Waals surface area contributed by atoms with Gasteiger partial charge in [-0.05, 0) is 32.2 Å². The first-order valence-electron chi connectivity index (χ1n) is 5.36. The average Bonchev–Trinajstić information content (AvgIpc) is 2.76. The molecule has 0 spiro atoms. The van der Waals surface area contributed by atoms with Crippen LogP contribution in [-0.4, -0.2) is 48.5 Å². The van der Waals surface area contributed by atoms with E-state index in [1.165, 1.54) is 19.3 Å². The third-order valence-electron chi connectivity index (χ3n) is 3.17. The number of hydrogen-bond acceptors (Lipinski definition) is 3. The van der Waals surface area contributed by atoms with Crippen LogP contribution in [0.3, 0.4) is 0 Å². The highest BCUT2D eigenvalue weighted by Gasteiger charge is 2.27. The van der Waals surface area contributed by atoms with Crippen LogP contribution in [0.25, 0.3) is 0 Å². The first kappa shape index (κ1) is 9.44. The van der Waals surface area contributed by atoms with E-state index in [2.05, 4.69) is 4.90 Å². The maximum atomic E-state index is 9.13. The van der Waals surface area contributed by atoms with Crippen LogP contribution >= 0.6 is 0 Å². The minimum absolute atomic E-state index is 0.312. The Bertz CT molecular complexity index is 157. The van der Waals surface area contributed by atoms with Crippen molar-refractivity contribution < 1.29 is 9.84 Å². The monoisotopic (exact) mass is 185 g/mol. The summed E-state index contributed by atoms with van der Waals surface area (Å²) in [6.45, 7) is 3.42. The van der Waals surface area contributed by atoms with Gasteiger partial charge in [-0.15, -0.1) is 0 Å². The van der Waals surface area contributed by atoms with E-state index in [-0.39, 0.29) is 0 Å². The Morgan fingerprint density at radius 1 is 1.31 bits per heavy atom. The first-order chi connectivity index (χ1) is 6.40. The Balaban J connectivity index is 1.79. The average molecular weight is 185 g/mol. The highest BCUT2D eigenvalue weighted by molar-refractivity contribution is 4.81. The van der Waals surface area contributed by atoms with E-state index in [9.17, 15) is 0 Å². The van der Waals surface area contributed by atoms with Gasteiger partial charge in [0.15, 0.2) is 0 Å². The number of nitrogens with zero attached hydrogens (tertiary/aromatic N) is 1. The summed E-state index contributed by atoms with van der Waals surface area (Å²) in [5, 5.41) is 9.13. The second-order valence-corrected chi connectivity index (χ2v) is 4.11. The maximum Gasteiger partial charge on any atom is 0.0702 e. The van der Waals surface area contributed by atoms with E-state index in [1.54, 1.807) is 0 Å². The highest BCUT2D eigenvalue weighted by Crippen LogP contribution is 2.20. The smallest absolute Gasteiger partial charge is 0.0702 e. The van der Waals surface area contributed by atoms with Crippen LogP contribution in [0.5, 0.6) is 0 Å². The van der Waals surface area contributed by atoms with E-state index in [0.29, 0.717) is 18.8 Å². The lowest BCUT2D eigenvalue weighted by Gasteiger charge is -2.25. The molecule has 0 saturated carbocycles. The van der Waals surface area contributed by atoms with Crippen LogP contribution in [0, 0.1) is 0 Å². The molecule has 0 radical (unpaired) electrons. The van der Waals surface area contributed by atoms with Crippen LogP contribution in [0.15, 0.2) is 0 Å². The third-order valence-corrected chi connectivity index (χ3v) is 3.17. The molecular weight excluding hydrogens is 166 g/mol. The van der Waals surface area contributed by atoms with Gasteiger partial charge < -0.3 is 9.84 Å². The Morgan fingerprint density at radius 2 is 2.23 bits per heavy atom. The molecule has 0 amide bonds. The summed E-state index contributed by atoms with van der Waals surface area (Å²) in [7, 11) is 0. The van der Waals surface area contributed by atoms with Gasteiger partial charge in [0, 0.05) is 19.2 Å². The molecule has 0 aromatic rings. The SMILES string of the molecule is OCC1CCCN1CC1CCCO1. The van der Waals surface area contributed by atoms with Gasteiger partial charge in [-0.3, -0.25) is 4.90 Å². The van der Waals surface area contributed by atoms with Gasteiger partial charge in [-0.2, -0.15) is 0 Å². The minimum atomic E-state index is 0.312. The van der Waals surface area contributed by atoms with Crippen molar-refractivity contribution in [1.29, 1.82) is 0 Å². The second-order valence-electron chi connectivity index (χ2n) is 4.11. The molecule has 0 aliphatic carbocycles. The van der Waals surface area contributed by atoms with Gasteiger partial charge in [0.2, 0.25) is 0 Å². The largest absolute Gasteiger partial charge is 0.395 e. The molecule has 0 aromatic carbocycles. The number of aliphatic hydroxyl groups is 1. The van der Waals surface area contributed by atoms with Gasteiger partial charge in [0.05, 0.1) is 12.7 Å². The van der Waals surface area contributed by atoms with Gasteiger partial charge in [-0.1, -0.05) is 0 Å². The van der Waals surface area contributed by atoms with Crippen LogP contribution in [0.4, 0.5) is 0 Å². The molecule has 1 N–H and O–H groups in total. The molecule has 13 heavy (non-hydrogen) atoms. The summed E-state index contributed by atoms with van der Waals surface area (Å²) < 4.78 is 5.58. The number of hydrogen-bond donors (Lipinski definition) is 1. The van der Waals surface area contributed by atoms with Crippen LogP contribution in [-0.2, 0) is 4.74 Å². The first-order valence-corrected chi connectivity index (χ1v) is 5.36. The Kier molecular flexibility index (Phi) is 3.19. The van der Waals surface area contributed by atoms with Crippen molar-refractivity contribution in [3.05, 3.63) is 0 Å². The lowest BCUT2D eigenvalue weighted by Crippen LogP contribution is -2.37. The van der Waals surface area contributed by atoms with Crippen LogP contribution in [0.2, 0.25) is 0 Å². The zero-order chi connectivity index (χ0) is 9.10.